The zero-order valence-electron chi connectivity index (χ0n) is 16.7. The van der Waals surface area contributed by atoms with Crippen molar-refractivity contribution >= 4 is 23.0 Å². The lowest BCUT2D eigenvalue weighted by Crippen LogP contribution is -2.49. The summed E-state index contributed by atoms with van der Waals surface area (Å²) in [5.41, 5.74) is 1.71. The van der Waals surface area contributed by atoms with E-state index >= 15 is 0 Å². The standard InChI is InChI=1S/C23H24ClFO3/c1-13-6-7-15(14-8-9-18(24)16(10-14)12-25)11-17(13)19-20(26)22(2,3)28-23(4,5)21(19)27/h6-11,26H,12H2,1-5H3. The molecule has 0 saturated heterocycles. The molecule has 1 heterocycles. The van der Waals surface area contributed by atoms with Gasteiger partial charge in [-0.2, -0.15) is 0 Å². The van der Waals surface area contributed by atoms with Gasteiger partial charge in [-0.1, -0.05) is 29.8 Å². The Kier molecular flexibility index (Phi) is 5.15. The van der Waals surface area contributed by atoms with E-state index in [9.17, 15) is 14.3 Å². The number of benzene rings is 2. The van der Waals surface area contributed by atoms with Crippen LogP contribution in [0.1, 0.15) is 44.4 Å². The summed E-state index contributed by atoms with van der Waals surface area (Å²) in [6.45, 7) is 8.11. The van der Waals surface area contributed by atoms with Crippen LogP contribution in [0.15, 0.2) is 42.2 Å². The van der Waals surface area contributed by atoms with Gasteiger partial charge in [-0.15, -0.1) is 0 Å². The van der Waals surface area contributed by atoms with Gasteiger partial charge in [-0.05, 0) is 75.1 Å². The maximum Gasteiger partial charge on any atom is 0.198 e. The number of rotatable bonds is 3. The highest BCUT2D eigenvalue weighted by Crippen LogP contribution is 2.41. The summed E-state index contributed by atoms with van der Waals surface area (Å²) in [7, 11) is 0. The van der Waals surface area contributed by atoms with Crippen LogP contribution in [0.4, 0.5) is 4.39 Å². The first-order valence-corrected chi connectivity index (χ1v) is 9.50. The van der Waals surface area contributed by atoms with Crippen LogP contribution in [0.25, 0.3) is 16.7 Å². The molecule has 5 heteroatoms. The lowest BCUT2D eigenvalue weighted by Gasteiger charge is -2.40. The monoisotopic (exact) mass is 402 g/mol. The normalized spacial score (nSPS) is 18.5. The van der Waals surface area contributed by atoms with Gasteiger partial charge < -0.3 is 9.84 Å². The van der Waals surface area contributed by atoms with Crippen molar-refractivity contribution in [2.24, 2.45) is 0 Å². The van der Waals surface area contributed by atoms with Gasteiger partial charge in [0, 0.05) is 10.6 Å². The van der Waals surface area contributed by atoms with E-state index in [-0.39, 0.29) is 17.1 Å². The van der Waals surface area contributed by atoms with E-state index in [2.05, 4.69) is 0 Å². The molecule has 0 fully saturated rings. The quantitative estimate of drug-likeness (QED) is 0.663. The highest BCUT2D eigenvalue weighted by Gasteiger charge is 2.47. The van der Waals surface area contributed by atoms with E-state index in [1.807, 2.05) is 31.2 Å². The molecule has 0 saturated carbocycles. The second-order valence-electron chi connectivity index (χ2n) is 8.14. The molecule has 2 aromatic rings. The Hall–Kier alpha value is -2.17. The Bertz CT molecular complexity index is 989. The molecule has 1 aliphatic heterocycles. The number of Topliss-reactive ketones (excluding diaryl/α,β-unsaturated/α-hetero) is 1. The molecule has 0 aromatic heterocycles. The number of aryl methyl sites for hydroxylation is 1. The maximum atomic E-state index is 13.2. The molecule has 1 aliphatic rings. The highest BCUT2D eigenvalue weighted by atomic mass is 35.5. The van der Waals surface area contributed by atoms with Crippen molar-refractivity contribution < 1.29 is 19.0 Å². The van der Waals surface area contributed by atoms with Crippen molar-refractivity contribution in [3.8, 4) is 11.1 Å². The summed E-state index contributed by atoms with van der Waals surface area (Å²) in [5, 5.41) is 11.2. The van der Waals surface area contributed by atoms with Crippen molar-refractivity contribution in [1.29, 1.82) is 0 Å². The van der Waals surface area contributed by atoms with Gasteiger partial charge in [0.2, 0.25) is 0 Å². The Morgan fingerprint density at radius 1 is 1.04 bits per heavy atom. The van der Waals surface area contributed by atoms with E-state index in [0.29, 0.717) is 16.1 Å². The summed E-state index contributed by atoms with van der Waals surface area (Å²) in [6, 6.07) is 10.8. The number of hydrogen-bond donors (Lipinski definition) is 1. The van der Waals surface area contributed by atoms with Crippen LogP contribution < -0.4 is 0 Å². The molecular formula is C23H24ClFO3. The van der Waals surface area contributed by atoms with Crippen molar-refractivity contribution in [1.82, 2.24) is 0 Å². The Morgan fingerprint density at radius 3 is 2.29 bits per heavy atom. The minimum Gasteiger partial charge on any atom is -0.508 e. The molecule has 28 heavy (non-hydrogen) atoms. The van der Waals surface area contributed by atoms with Crippen LogP contribution in [0.5, 0.6) is 0 Å². The fourth-order valence-corrected chi connectivity index (χ4v) is 3.79. The van der Waals surface area contributed by atoms with Crippen LogP contribution in [-0.4, -0.2) is 22.1 Å². The van der Waals surface area contributed by atoms with Gasteiger partial charge in [-0.3, -0.25) is 4.79 Å². The summed E-state index contributed by atoms with van der Waals surface area (Å²) in [5.74, 6) is -0.359. The fraction of sp³-hybridized carbons (Fsp3) is 0.348. The van der Waals surface area contributed by atoms with Gasteiger partial charge in [0.05, 0.1) is 5.57 Å². The predicted octanol–water partition coefficient (Wildman–Crippen LogP) is 6.21. The van der Waals surface area contributed by atoms with Crippen LogP contribution in [0, 0.1) is 6.92 Å². The number of ketones is 1. The lowest BCUT2D eigenvalue weighted by molar-refractivity contribution is -0.158. The molecule has 0 atom stereocenters. The number of aliphatic hydroxyl groups is 1. The Labute approximate surface area is 169 Å². The summed E-state index contributed by atoms with van der Waals surface area (Å²) in [6.07, 6.45) is 0. The average molecular weight is 403 g/mol. The molecule has 0 unspecified atom stereocenters. The number of carbonyl (C=O) groups is 1. The number of alkyl halides is 1. The molecule has 3 nitrogen and oxygen atoms in total. The van der Waals surface area contributed by atoms with Gasteiger partial charge in [0.25, 0.3) is 0 Å². The number of carbonyl (C=O) groups excluding carboxylic acids is 1. The topological polar surface area (TPSA) is 46.5 Å². The van der Waals surface area contributed by atoms with E-state index in [1.54, 1.807) is 39.8 Å². The summed E-state index contributed by atoms with van der Waals surface area (Å²) >= 11 is 6.02. The second kappa shape index (κ2) is 7.02. The van der Waals surface area contributed by atoms with Crippen molar-refractivity contribution in [3.05, 3.63) is 63.9 Å². The Morgan fingerprint density at radius 2 is 1.64 bits per heavy atom. The van der Waals surface area contributed by atoms with E-state index in [0.717, 1.165) is 16.7 Å². The SMILES string of the molecule is Cc1ccc(-c2ccc(Cl)c(CF)c2)cc1C1=C(O)C(C)(C)OC(C)(C)C1=O. The van der Waals surface area contributed by atoms with Crippen LogP contribution in [0.2, 0.25) is 5.02 Å². The fourth-order valence-electron chi connectivity index (χ4n) is 3.62. The molecular weight excluding hydrogens is 379 g/mol. The van der Waals surface area contributed by atoms with Crippen molar-refractivity contribution in [2.45, 2.75) is 52.5 Å². The summed E-state index contributed by atoms with van der Waals surface area (Å²) in [4.78, 5) is 13.1. The van der Waals surface area contributed by atoms with Gasteiger partial charge >= 0.3 is 0 Å². The lowest BCUT2D eigenvalue weighted by atomic mass is 9.81. The van der Waals surface area contributed by atoms with Crippen LogP contribution in [-0.2, 0) is 16.2 Å². The first-order chi connectivity index (χ1) is 13.0. The maximum absolute atomic E-state index is 13.2. The van der Waals surface area contributed by atoms with Crippen LogP contribution >= 0.6 is 11.6 Å². The Balaban J connectivity index is 2.21. The molecule has 1 N–H and O–H groups in total. The number of halogens is 2. The average Bonchev–Trinajstić information content (AvgIpc) is 2.62. The molecule has 0 aliphatic carbocycles. The smallest absolute Gasteiger partial charge is 0.198 e. The third kappa shape index (κ3) is 3.47. The van der Waals surface area contributed by atoms with Crippen molar-refractivity contribution in [3.63, 3.8) is 0 Å². The molecule has 0 radical (unpaired) electrons. The molecule has 0 spiro atoms. The van der Waals surface area contributed by atoms with Gasteiger partial charge in [-0.25, -0.2) is 4.39 Å². The third-order valence-corrected chi connectivity index (χ3v) is 5.49. The van der Waals surface area contributed by atoms with E-state index in [4.69, 9.17) is 16.3 Å². The summed E-state index contributed by atoms with van der Waals surface area (Å²) < 4.78 is 19.0. The largest absolute Gasteiger partial charge is 0.508 e. The zero-order valence-corrected chi connectivity index (χ0v) is 17.4. The van der Waals surface area contributed by atoms with E-state index < -0.39 is 17.9 Å². The third-order valence-electron chi connectivity index (χ3n) is 5.12. The number of ether oxygens (including phenoxy) is 1. The second-order valence-corrected chi connectivity index (χ2v) is 8.55. The minimum absolute atomic E-state index is 0.0855. The van der Waals surface area contributed by atoms with Gasteiger partial charge in [0.1, 0.15) is 23.6 Å². The van der Waals surface area contributed by atoms with Crippen molar-refractivity contribution in [2.75, 3.05) is 0 Å². The van der Waals surface area contributed by atoms with Gasteiger partial charge in [0.15, 0.2) is 5.78 Å². The molecule has 3 rings (SSSR count). The highest BCUT2D eigenvalue weighted by molar-refractivity contribution is 6.31. The first kappa shape index (κ1) is 20.6. The first-order valence-electron chi connectivity index (χ1n) is 9.12. The predicted molar refractivity (Wildman–Crippen MR) is 110 cm³/mol. The molecule has 0 bridgehead atoms. The minimum atomic E-state index is -1.06. The molecule has 2 aromatic carbocycles. The molecule has 148 valence electrons. The number of hydrogen-bond acceptors (Lipinski definition) is 3. The zero-order chi connectivity index (χ0) is 20.9. The number of aliphatic hydroxyl groups excluding tert-OH is 1. The van der Waals surface area contributed by atoms with E-state index in [1.165, 1.54) is 0 Å². The van der Waals surface area contributed by atoms with Crippen LogP contribution in [0.3, 0.4) is 0 Å². The molecule has 0 amide bonds.